The minimum Gasteiger partial charge on any atom is -0.467 e. The first-order chi connectivity index (χ1) is 12.8. The fourth-order valence-electron chi connectivity index (χ4n) is 1.92. The predicted octanol–water partition coefficient (Wildman–Crippen LogP) is 0.513. The summed E-state index contributed by atoms with van der Waals surface area (Å²) >= 11 is 1.85. The highest BCUT2D eigenvalue weighted by Gasteiger charge is 2.31. The molecule has 0 fully saturated rings. The molecule has 0 saturated carbocycles. The molecule has 146 valence electrons. The highest BCUT2D eigenvalue weighted by Crippen LogP contribution is 2.21. The van der Waals surface area contributed by atoms with E-state index in [0.717, 1.165) is 0 Å². The van der Waals surface area contributed by atoms with Gasteiger partial charge < -0.3 is 9.84 Å². The summed E-state index contributed by atoms with van der Waals surface area (Å²) in [7, 11) is -2.92. The van der Waals surface area contributed by atoms with Crippen molar-refractivity contribution in [3.63, 3.8) is 0 Å². The monoisotopic (exact) mass is 508 g/mol. The number of amides is 2. The summed E-state index contributed by atoms with van der Waals surface area (Å²) in [5.74, 6) is 0.0885. The largest absolute Gasteiger partial charge is 0.467 e. The van der Waals surface area contributed by atoms with E-state index in [4.69, 9.17) is 9.84 Å². The molecule has 1 aromatic carbocycles. The number of ether oxygens (including phenoxy) is 1. The van der Waals surface area contributed by atoms with Gasteiger partial charge in [0.2, 0.25) is 5.95 Å². The molecule has 0 aliphatic heterocycles. The van der Waals surface area contributed by atoms with Gasteiger partial charge in [-0.25, -0.2) is 10.2 Å². The summed E-state index contributed by atoms with van der Waals surface area (Å²) in [6, 6.07) is 5.08. The molecule has 0 aliphatic carbocycles. The van der Waals surface area contributed by atoms with Crippen molar-refractivity contribution >= 4 is 44.6 Å². The molecule has 0 spiro atoms. The molecule has 3 N–H and O–H groups in total. The number of nitrogens with zero attached hydrogens (tertiary/aromatic N) is 4. The highest BCUT2D eigenvalue weighted by molar-refractivity contribution is 14.1. The molecule has 1 heterocycles. The average Bonchev–Trinajstić information content (AvgIpc) is 2.61. The van der Waals surface area contributed by atoms with Crippen molar-refractivity contribution in [2.45, 2.75) is 11.8 Å². The molecule has 0 unspecified atom stereocenters. The third-order valence-corrected chi connectivity index (χ3v) is 6.03. The Morgan fingerprint density at radius 3 is 2.63 bits per heavy atom. The van der Waals surface area contributed by atoms with E-state index in [1.807, 2.05) is 22.6 Å². The van der Waals surface area contributed by atoms with Gasteiger partial charge in [-0.2, -0.15) is 23.4 Å². The first kappa shape index (κ1) is 21.2. The summed E-state index contributed by atoms with van der Waals surface area (Å²) in [5, 5.41) is 11.3. The standard InChI is InChI=1S/C14H17IN6O5S/c1-9-17-12(19-13(18-9)26-2)20-14(23)21(16-7-8-22)27(24,25)11-6-4-3-5-10(11)15/h3-6,16,22H,7-8H2,1-2H3,(H,17,18,19,20,23). The van der Waals surface area contributed by atoms with Crippen molar-refractivity contribution < 1.29 is 23.1 Å². The second kappa shape index (κ2) is 9.20. The van der Waals surface area contributed by atoms with Gasteiger partial charge in [-0.3, -0.25) is 5.32 Å². The lowest BCUT2D eigenvalue weighted by molar-refractivity contribution is 0.212. The lowest BCUT2D eigenvalue weighted by Crippen LogP contribution is -2.50. The van der Waals surface area contributed by atoms with Crippen molar-refractivity contribution in [2.75, 3.05) is 25.6 Å². The summed E-state index contributed by atoms with van der Waals surface area (Å²) in [4.78, 5) is 24.2. The summed E-state index contributed by atoms with van der Waals surface area (Å²) < 4.78 is 31.6. The number of hydrogen-bond donors (Lipinski definition) is 3. The molecular formula is C14H17IN6O5S. The Bertz CT molecular complexity index is 926. The van der Waals surface area contributed by atoms with Crippen LogP contribution in [0.5, 0.6) is 6.01 Å². The van der Waals surface area contributed by atoms with Crippen LogP contribution in [0.4, 0.5) is 10.7 Å². The van der Waals surface area contributed by atoms with E-state index >= 15 is 0 Å². The van der Waals surface area contributed by atoms with Crippen LogP contribution in [0, 0.1) is 10.5 Å². The first-order valence-corrected chi connectivity index (χ1v) is 10.0. The Morgan fingerprint density at radius 2 is 2.00 bits per heavy atom. The van der Waals surface area contributed by atoms with Crippen LogP contribution in [0.1, 0.15) is 5.82 Å². The number of aromatic nitrogens is 3. The number of anilines is 1. The van der Waals surface area contributed by atoms with E-state index in [-0.39, 0.29) is 35.8 Å². The summed E-state index contributed by atoms with van der Waals surface area (Å²) in [6.45, 7) is 1.00. The van der Waals surface area contributed by atoms with Crippen LogP contribution in [0.3, 0.4) is 0 Å². The van der Waals surface area contributed by atoms with Gasteiger partial charge >= 0.3 is 12.0 Å². The number of aliphatic hydroxyl groups is 1. The molecular weight excluding hydrogens is 491 g/mol. The van der Waals surface area contributed by atoms with Crippen molar-refractivity contribution in [2.24, 2.45) is 0 Å². The number of sulfonamides is 1. The Hall–Kier alpha value is -2.10. The maximum atomic E-state index is 12.9. The Labute approximate surface area is 169 Å². The molecule has 0 radical (unpaired) electrons. The quantitative estimate of drug-likeness (QED) is 0.360. The van der Waals surface area contributed by atoms with Gasteiger partial charge in [0.1, 0.15) is 10.7 Å². The van der Waals surface area contributed by atoms with E-state index in [2.05, 4.69) is 25.7 Å². The normalized spacial score (nSPS) is 11.1. The molecule has 0 bridgehead atoms. The molecule has 11 nitrogen and oxygen atoms in total. The molecule has 2 aromatic rings. The van der Waals surface area contributed by atoms with Gasteiger partial charge in [-0.05, 0) is 41.6 Å². The fourth-order valence-corrected chi connectivity index (χ4v) is 4.43. The minimum atomic E-state index is -4.26. The van der Waals surface area contributed by atoms with Crippen LogP contribution in [0.15, 0.2) is 29.2 Å². The molecule has 0 atom stereocenters. The number of halogens is 1. The number of carbonyl (C=O) groups excluding carboxylic acids is 1. The van der Waals surface area contributed by atoms with Gasteiger partial charge in [0.15, 0.2) is 0 Å². The number of carbonyl (C=O) groups is 1. The van der Waals surface area contributed by atoms with Crippen LogP contribution >= 0.6 is 22.6 Å². The number of rotatable bonds is 7. The van der Waals surface area contributed by atoms with Crippen molar-refractivity contribution in [1.29, 1.82) is 0 Å². The SMILES string of the molecule is COc1nc(C)nc(NC(=O)N(NCCO)S(=O)(=O)c2ccccc2I)n1. The fraction of sp³-hybridized carbons (Fsp3) is 0.286. The Kier molecular flexibility index (Phi) is 7.23. The molecule has 27 heavy (non-hydrogen) atoms. The molecule has 1 aromatic heterocycles. The highest BCUT2D eigenvalue weighted by atomic mass is 127. The van der Waals surface area contributed by atoms with E-state index < -0.39 is 16.1 Å². The van der Waals surface area contributed by atoms with Crippen molar-refractivity contribution in [3.05, 3.63) is 33.7 Å². The number of urea groups is 1. The number of benzene rings is 1. The lowest BCUT2D eigenvalue weighted by atomic mass is 10.4. The van der Waals surface area contributed by atoms with Gasteiger partial charge in [0.25, 0.3) is 10.0 Å². The van der Waals surface area contributed by atoms with E-state index in [0.29, 0.717) is 7.98 Å². The van der Waals surface area contributed by atoms with Gasteiger partial charge in [-0.1, -0.05) is 12.1 Å². The zero-order valence-electron chi connectivity index (χ0n) is 14.4. The van der Waals surface area contributed by atoms with Crippen molar-refractivity contribution in [1.82, 2.24) is 24.8 Å². The van der Waals surface area contributed by atoms with Gasteiger partial charge in [0, 0.05) is 10.1 Å². The molecule has 0 aliphatic rings. The average molecular weight is 508 g/mol. The van der Waals surface area contributed by atoms with Crippen LogP contribution in [0.2, 0.25) is 0 Å². The minimum absolute atomic E-state index is 0.0341. The van der Waals surface area contributed by atoms with Crippen LogP contribution in [-0.2, 0) is 10.0 Å². The molecule has 2 rings (SSSR count). The van der Waals surface area contributed by atoms with Crippen LogP contribution in [0.25, 0.3) is 0 Å². The lowest BCUT2D eigenvalue weighted by Gasteiger charge is -2.23. The van der Waals surface area contributed by atoms with Gasteiger partial charge in [0.05, 0.1) is 13.7 Å². The Balaban J connectivity index is 2.37. The molecule has 0 saturated heterocycles. The number of hydrazine groups is 1. The maximum absolute atomic E-state index is 12.9. The second-order valence-electron chi connectivity index (χ2n) is 4.95. The predicted molar refractivity (Wildman–Crippen MR) is 103 cm³/mol. The third kappa shape index (κ3) is 5.21. The molecule has 13 heteroatoms. The number of hydrogen-bond acceptors (Lipinski definition) is 9. The summed E-state index contributed by atoms with van der Waals surface area (Å²) in [6.07, 6.45) is 0. The number of aryl methyl sites for hydroxylation is 1. The van der Waals surface area contributed by atoms with E-state index in [1.165, 1.54) is 19.2 Å². The third-order valence-electron chi connectivity index (χ3n) is 3.03. The van der Waals surface area contributed by atoms with Crippen molar-refractivity contribution in [3.8, 4) is 6.01 Å². The maximum Gasteiger partial charge on any atom is 0.353 e. The Morgan fingerprint density at radius 1 is 1.30 bits per heavy atom. The smallest absolute Gasteiger partial charge is 0.353 e. The first-order valence-electron chi connectivity index (χ1n) is 7.51. The summed E-state index contributed by atoms with van der Waals surface area (Å²) in [5.41, 5.74) is 2.38. The second-order valence-corrected chi connectivity index (χ2v) is 7.87. The molecule has 2 amide bonds. The zero-order chi connectivity index (χ0) is 20.0. The van der Waals surface area contributed by atoms with Crippen LogP contribution < -0.4 is 15.5 Å². The number of nitrogens with one attached hydrogen (secondary N) is 2. The number of aliphatic hydroxyl groups excluding tert-OH is 1. The van der Waals surface area contributed by atoms with Gasteiger partial charge in [-0.15, -0.1) is 4.41 Å². The zero-order valence-corrected chi connectivity index (χ0v) is 17.4. The van der Waals surface area contributed by atoms with E-state index in [1.54, 1.807) is 19.1 Å². The topological polar surface area (TPSA) is 147 Å². The van der Waals surface area contributed by atoms with E-state index in [9.17, 15) is 13.2 Å². The van der Waals surface area contributed by atoms with Crippen LogP contribution in [-0.4, -0.2) is 59.2 Å². The number of methoxy groups -OCH3 is 1.